The number of carbonyl (C=O) groups is 1. The van der Waals surface area contributed by atoms with E-state index in [2.05, 4.69) is 9.88 Å². The van der Waals surface area contributed by atoms with E-state index >= 15 is 0 Å². The molecule has 1 aliphatic rings. The minimum Gasteiger partial charge on any atom is -0.302 e. The normalized spacial score (nSPS) is 14.4. The van der Waals surface area contributed by atoms with Crippen LogP contribution in [0.25, 0.3) is 10.2 Å². The van der Waals surface area contributed by atoms with E-state index in [0.717, 1.165) is 43.3 Å². The van der Waals surface area contributed by atoms with E-state index < -0.39 is 21.7 Å². The zero-order chi connectivity index (χ0) is 25.2. The number of aromatic nitrogens is 1. The van der Waals surface area contributed by atoms with Crippen LogP contribution in [-0.2, 0) is 10.0 Å². The number of anilines is 1. The summed E-state index contributed by atoms with van der Waals surface area (Å²) in [4.78, 5) is 21.6. The molecule has 0 radical (unpaired) electrons. The predicted octanol–water partition coefficient (Wildman–Crippen LogP) is 4.77. The van der Waals surface area contributed by atoms with E-state index in [1.165, 1.54) is 39.5 Å². The lowest BCUT2D eigenvalue weighted by atomic mass is 10.2. The highest BCUT2D eigenvalue weighted by atomic mass is 35.5. The van der Waals surface area contributed by atoms with Gasteiger partial charge in [-0.15, -0.1) is 12.4 Å². The molecule has 2 aromatic carbocycles. The predicted molar refractivity (Wildman–Crippen MR) is 141 cm³/mol. The first-order valence-corrected chi connectivity index (χ1v) is 13.9. The van der Waals surface area contributed by atoms with Gasteiger partial charge in [-0.1, -0.05) is 25.2 Å². The van der Waals surface area contributed by atoms with E-state index in [0.29, 0.717) is 24.3 Å². The molecule has 7 nitrogen and oxygen atoms in total. The van der Waals surface area contributed by atoms with Crippen LogP contribution in [0.1, 0.15) is 37.0 Å². The van der Waals surface area contributed by atoms with Gasteiger partial charge in [0, 0.05) is 37.8 Å². The fraction of sp³-hybridized carbons (Fsp3) is 0.417. The number of amides is 1. The molecule has 1 aromatic heterocycles. The summed E-state index contributed by atoms with van der Waals surface area (Å²) in [5.41, 5.74) is 0.301. The molecule has 0 N–H and O–H groups in total. The van der Waals surface area contributed by atoms with Crippen molar-refractivity contribution in [3.05, 3.63) is 53.6 Å². The molecule has 1 aliphatic heterocycles. The molecule has 2 heterocycles. The number of halogens is 3. The van der Waals surface area contributed by atoms with E-state index in [1.54, 1.807) is 0 Å². The number of likely N-dealkylation sites (N-methyl/N-ethyl adjacent to an activating group) is 1. The molecular weight excluding hydrogens is 530 g/mol. The van der Waals surface area contributed by atoms with Crippen LogP contribution in [-0.4, -0.2) is 67.8 Å². The van der Waals surface area contributed by atoms with Crippen molar-refractivity contribution in [2.24, 2.45) is 0 Å². The van der Waals surface area contributed by atoms with Crippen molar-refractivity contribution in [2.75, 3.05) is 44.2 Å². The SMILES string of the molecule is CCN(CC)CCN(C(=O)c1ccc(S(=O)(=O)N2CCCC2)cc1)c1nc2c(F)cc(F)cc2s1.Cl. The van der Waals surface area contributed by atoms with Gasteiger partial charge in [-0.2, -0.15) is 4.31 Å². The second-order valence-corrected chi connectivity index (χ2v) is 11.3. The molecule has 4 rings (SSSR count). The van der Waals surface area contributed by atoms with Crippen molar-refractivity contribution < 1.29 is 22.0 Å². The third-order valence-corrected chi connectivity index (χ3v) is 9.15. The second kappa shape index (κ2) is 11.9. The highest BCUT2D eigenvalue weighted by Crippen LogP contribution is 2.32. The summed E-state index contributed by atoms with van der Waals surface area (Å²) < 4.78 is 55.4. The number of benzene rings is 2. The van der Waals surface area contributed by atoms with Crippen LogP contribution in [0.15, 0.2) is 41.3 Å². The van der Waals surface area contributed by atoms with Gasteiger partial charge in [0.05, 0.1) is 9.60 Å². The maximum Gasteiger partial charge on any atom is 0.260 e. The second-order valence-electron chi connectivity index (χ2n) is 8.35. The van der Waals surface area contributed by atoms with Crippen molar-refractivity contribution in [3.63, 3.8) is 0 Å². The summed E-state index contributed by atoms with van der Waals surface area (Å²) >= 11 is 1.04. The monoisotopic (exact) mass is 558 g/mol. The molecule has 0 saturated carbocycles. The van der Waals surface area contributed by atoms with Crippen molar-refractivity contribution in [1.82, 2.24) is 14.2 Å². The van der Waals surface area contributed by atoms with E-state index in [-0.39, 0.29) is 46.0 Å². The van der Waals surface area contributed by atoms with Gasteiger partial charge in [-0.25, -0.2) is 22.2 Å². The Morgan fingerprint density at radius 3 is 2.31 bits per heavy atom. The lowest BCUT2D eigenvalue weighted by Gasteiger charge is -2.25. The van der Waals surface area contributed by atoms with Crippen molar-refractivity contribution in [1.29, 1.82) is 0 Å². The molecule has 0 aliphatic carbocycles. The first-order valence-electron chi connectivity index (χ1n) is 11.6. The number of nitrogens with zero attached hydrogens (tertiary/aromatic N) is 4. The fourth-order valence-corrected chi connectivity index (χ4v) is 6.68. The highest BCUT2D eigenvalue weighted by molar-refractivity contribution is 7.89. The molecule has 3 aromatic rings. The molecule has 0 bridgehead atoms. The smallest absolute Gasteiger partial charge is 0.260 e. The van der Waals surface area contributed by atoms with Gasteiger partial charge in [0.15, 0.2) is 10.9 Å². The molecule has 36 heavy (non-hydrogen) atoms. The van der Waals surface area contributed by atoms with Gasteiger partial charge in [0.1, 0.15) is 11.3 Å². The topological polar surface area (TPSA) is 73.8 Å². The van der Waals surface area contributed by atoms with Gasteiger partial charge in [-0.05, 0) is 56.3 Å². The van der Waals surface area contributed by atoms with Crippen LogP contribution >= 0.6 is 23.7 Å². The van der Waals surface area contributed by atoms with Crippen LogP contribution in [0.5, 0.6) is 0 Å². The molecule has 1 fully saturated rings. The Kier molecular flexibility index (Phi) is 9.39. The average Bonchev–Trinajstić information content (AvgIpc) is 3.53. The Morgan fingerprint density at radius 1 is 1.06 bits per heavy atom. The average molecular weight is 559 g/mol. The zero-order valence-electron chi connectivity index (χ0n) is 20.1. The van der Waals surface area contributed by atoms with Gasteiger partial charge in [-0.3, -0.25) is 9.69 Å². The van der Waals surface area contributed by atoms with Crippen LogP contribution in [0, 0.1) is 11.6 Å². The van der Waals surface area contributed by atoms with Crippen LogP contribution in [0.3, 0.4) is 0 Å². The molecule has 0 atom stereocenters. The lowest BCUT2D eigenvalue weighted by Crippen LogP contribution is -2.38. The van der Waals surface area contributed by atoms with E-state index in [9.17, 15) is 22.0 Å². The molecule has 0 unspecified atom stereocenters. The van der Waals surface area contributed by atoms with Gasteiger partial charge < -0.3 is 4.90 Å². The van der Waals surface area contributed by atoms with Crippen LogP contribution < -0.4 is 4.90 Å². The summed E-state index contributed by atoms with van der Waals surface area (Å²) in [5.74, 6) is -1.88. The van der Waals surface area contributed by atoms with Crippen molar-refractivity contribution in [2.45, 2.75) is 31.6 Å². The summed E-state index contributed by atoms with van der Waals surface area (Å²) in [5, 5.41) is 0.260. The third kappa shape index (κ3) is 5.86. The van der Waals surface area contributed by atoms with Crippen LogP contribution in [0.4, 0.5) is 13.9 Å². The lowest BCUT2D eigenvalue weighted by molar-refractivity contribution is 0.0983. The van der Waals surface area contributed by atoms with Gasteiger partial charge >= 0.3 is 0 Å². The zero-order valence-corrected chi connectivity index (χ0v) is 22.6. The van der Waals surface area contributed by atoms with Gasteiger partial charge in [0.2, 0.25) is 10.0 Å². The van der Waals surface area contributed by atoms with Gasteiger partial charge in [0.25, 0.3) is 5.91 Å². The number of carbonyl (C=O) groups excluding carboxylic acids is 1. The van der Waals surface area contributed by atoms with Crippen molar-refractivity contribution in [3.8, 4) is 0 Å². The quantitative estimate of drug-likeness (QED) is 0.378. The molecule has 12 heteroatoms. The first kappa shape index (κ1) is 28.4. The molecule has 1 amide bonds. The van der Waals surface area contributed by atoms with Crippen LogP contribution in [0.2, 0.25) is 0 Å². The Balaban J connectivity index is 0.00000361. The Bertz CT molecular complexity index is 1310. The van der Waals surface area contributed by atoms with E-state index in [1.807, 2.05) is 13.8 Å². The van der Waals surface area contributed by atoms with E-state index in [4.69, 9.17) is 0 Å². The Morgan fingerprint density at radius 2 is 1.69 bits per heavy atom. The highest BCUT2D eigenvalue weighted by Gasteiger charge is 2.28. The number of hydrogen-bond donors (Lipinski definition) is 0. The molecular formula is C24H29ClF2N4O3S2. The molecule has 1 saturated heterocycles. The number of thiazole rings is 1. The summed E-state index contributed by atoms with van der Waals surface area (Å²) in [6.45, 7) is 7.47. The number of fused-ring (bicyclic) bond motifs is 1. The standard InChI is InChI=1S/C24H28F2N4O3S2.ClH/c1-3-28(4-2)13-14-30(24-27-22-20(26)15-18(25)16-21(22)34-24)23(31)17-7-9-19(10-8-17)35(32,33)29-11-5-6-12-29;/h7-10,15-16H,3-6,11-14H2,1-2H3;1H. The minimum absolute atomic E-state index is 0. The third-order valence-electron chi connectivity index (χ3n) is 6.22. The maximum absolute atomic E-state index is 14.3. The Labute approximate surface area is 220 Å². The summed E-state index contributed by atoms with van der Waals surface area (Å²) in [6, 6.07) is 7.83. The molecule has 0 spiro atoms. The number of rotatable bonds is 9. The fourth-order valence-electron chi connectivity index (χ4n) is 4.13. The number of hydrogen-bond acceptors (Lipinski definition) is 6. The molecule has 196 valence electrons. The Hall–Kier alpha value is -2.18. The van der Waals surface area contributed by atoms with Crippen molar-refractivity contribution >= 4 is 55.0 Å². The minimum atomic E-state index is -3.59. The first-order chi connectivity index (χ1) is 16.7. The maximum atomic E-state index is 14.3. The largest absolute Gasteiger partial charge is 0.302 e. The number of sulfonamides is 1. The summed E-state index contributed by atoms with van der Waals surface area (Å²) in [6.07, 6.45) is 1.67. The summed E-state index contributed by atoms with van der Waals surface area (Å²) in [7, 11) is -3.59.